The zero-order valence-corrected chi connectivity index (χ0v) is 18.7. The molecule has 2 aliphatic heterocycles. The number of hydrogen-bond donors (Lipinski definition) is 2. The number of nitrogens with zero attached hydrogens (tertiary/aromatic N) is 2. The van der Waals surface area contributed by atoms with Crippen LogP contribution >= 0.6 is 23.2 Å². The Morgan fingerprint density at radius 1 is 0.969 bits per heavy atom. The van der Waals surface area contributed by atoms with Crippen molar-refractivity contribution in [2.24, 2.45) is 0 Å². The first-order chi connectivity index (χ1) is 15.0. The average molecular weight is 470 g/mol. The number of ether oxygens (including phenoxy) is 1. The Labute approximate surface area is 195 Å². The number of rotatable bonds is 4. The van der Waals surface area contributed by atoms with Crippen LogP contribution in [0.2, 0.25) is 10.0 Å². The van der Waals surface area contributed by atoms with Crippen molar-refractivity contribution in [3.63, 3.8) is 0 Å². The summed E-state index contributed by atoms with van der Waals surface area (Å²) in [6.07, 6.45) is 2.05. The Morgan fingerprint density at radius 3 is 2.44 bits per heavy atom. The van der Waals surface area contributed by atoms with Gasteiger partial charge in [-0.2, -0.15) is 0 Å². The molecule has 0 spiro atoms. The highest BCUT2D eigenvalue weighted by Crippen LogP contribution is 2.34. The second kappa shape index (κ2) is 8.67. The molecular formula is C24H21Cl2N3O3. The number of hydrogen-bond acceptors (Lipinski definition) is 5. The molecule has 0 radical (unpaired) electrons. The molecule has 5 rings (SSSR count). The van der Waals surface area contributed by atoms with Gasteiger partial charge in [-0.05, 0) is 35.9 Å². The SMILES string of the molecule is COc1ccc(CN2C=c3ccccc3=C3NN(c4ccc(Cl)c(Cl)c4)C(O)=C32)cc1.O. The molecule has 2 heterocycles. The Morgan fingerprint density at radius 2 is 1.72 bits per heavy atom. The summed E-state index contributed by atoms with van der Waals surface area (Å²) in [6, 6.07) is 21.2. The van der Waals surface area contributed by atoms with Gasteiger partial charge in [0.05, 0.1) is 28.5 Å². The van der Waals surface area contributed by atoms with Gasteiger partial charge in [-0.3, -0.25) is 5.43 Å². The van der Waals surface area contributed by atoms with E-state index in [0.717, 1.165) is 27.4 Å². The van der Waals surface area contributed by atoms with Crippen LogP contribution in [-0.2, 0) is 6.54 Å². The quantitative estimate of drug-likeness (QED) is 0.612. The summed E-state index contributed by atoms with van der Waals surface area (Å²) in [7, 11) is 1.65. The summed E-state index contributed by atoms with van der Waals surface area (Å²) in [5, 5.41) is 15.8. The van der Waals surface area contributed by atoms with Gasteiger partial charge in [-0.1, -0.05) is 59.6 Å². The summed E-state index contributed by atoms with van der Waals surface area (Å²) < 4.78 is 5.26. The first-order valence-electron chi connectivity index (χ1n) is 9.71. The average Bonchev–Trinajstić information content (AvgIpc) is 3.14. The van der Waals surface area contributed by atoms with Crippen LogP contribution in [0.4, 0.5) is 5.69 Å². The van der Waals surface area contributed by atoms with Gasteiger partial charge < -0.3 is 20.2 Å². The number of halogens is 2. The third kappa shape index (κ3) is 3.73. The molecule has 0 atom stereocenters. The second-order valence-electron chi connectivity index (χ2n) is 7.29. The van der Waals surface area contributed by atoms with E-state index in [9.17, 15) is 5.11 Å². The maximum absolute atomic E-state index is 11.2. The molecule has 0 fully saturated rings. The van der Waals surface area contributed by atoms with Crippen molar-refractivity contribution >= 4 is 40.8 Å². The number of benzene rings is 3. The molecule has 164 valence electrons. The lowest BCUT2D eigenvalue weighted by atomic mass is 10.1. The van der Waals surface area contributed by atoms with E-state index in [1.54, 1.807) is 30.3 Å². The third-order valence-corrected chi connectivity index (χ3v) is 6.11. The summed E-state index contributed by atoms with van der Waals surface area (Å²) in [5.74, 6) is 0.895. The standard InChI is InChI=1S/C24H19Cl2N3O2.H2O/c1-31-18-9-6-15(7-10-18)13-28-14-16-4-2-3-5-19(16)22-23(28)24(30)29(27-22)17-8-11-20(25)21(26)12-17;/h2-12,14,27,30H,13H2,1H3;1H2. The van der Waals surface area contributed by atoms with Crippen molar-refractivity contribution < 1.29 is 15.3 Å². The molecule has 8 heteroatoms. The minimum atomic E-state index is 0. The molecule has 4 N–H and O–H groups in total. The maximum atomic E-state index is 11.2. The minimum absolute atomic E-state index is 0. The van der Waals surface area contributed by atoms with Gasteiger partial charge >= 0.3 is 0 Å². The summed E-state index contributed by atoms with van der Waals surface area (Å²) in [4.78, 5) is 2.04. The van der Waals surface area contributed by atoms with Crippen LogP contribution in [0.3, 0.4) is 0 Å². The molecule has 0 saturated carbocycles. The van der Waals surface area contributed by atoms with Crippen LogP contribution in [0.1, 0.15) is 5.56 Å². The molecule has 0 saturated heterocycles. The van der Waals surface area contributed by atoms with Gasteiger partial charge in [0.25, 0.3) is 0 Å². The van der Waals surface area contributed by atoms with Crippen molar-refractivity contribution in [1.82, 2.24) is 10.3 Å². The summed E-state index contributed by atoms with van der Waals surface area (Å²) in [5.41, 5.74) is 6.63. The smallest absolute Gasteiger partial charge is 0.237 e. The predicted molar refractivity (Wildman–Crippen MR) is 127 cm³/mol. The van der Waals surface area contributed by atoms with Crippen LogP contribution < -0.4 is 25.6 Å². The van der Waals surface area contributed by atoms with Crippen LogP contribution in [0.25, 0.3) is 11.9 Å². The van der Waals surface area contributed by atoms with Crippen molar-refractivity contribution in [2.45, 2.75) is 6.54 Å². The second-order valence-corrected chi connectivity index (χ2v) is 8.10. The van der Waals surface area contributed by atoms with Gasteiger partial charge in [0.2, 0.25) is 5.88 Å². The minimum Gasteiger partial charge on any atom is -0.497 e. The van der Waals surface area contributed by atoms with Gasteiger partial charge in [-0.25, -0.2) is 5.01 Å². The van der Waals surface area contributed by atoms with Gasteiger partial charge in [0, 0.05) is 23.2 Å². The lowest BCUT2D eigenvalue weighted by Gasteiger charge is -2.25. The molecule has 6 nitrogen and oxygen atoms in total. The number of aliphatic hydroxyl groups is 1. The fourth-order valence-corrected chi connectivity index (χ4v) is 4.12. The number of anilines is 1. The van der Waals surface area contributed by atoms with E-state index in [1.807, 2.05) is 47.4 Å². The van der Waals surface area contributed by atoms with Crippen molar-refractivity contribution in [3.8, 4) is 5.75 Å². The first-order valence-corrected chi connectivity index (χ1v) is 10.5. The van der Waals surface area contributed by atoms with E-state index in [4.69, 9.17) is 27.9 Å². The molecule has 0 bridgehead atoms. The normalized spacial score (nSPS) is 14.3. The molecule has 32 heavy (non-hydrogen) atoms. The van der Waals surface area contributed by atoms with Crippen LogP contribution in [0.5, 0.6) is 5.75 Å². The van der Waals surface area contributed by atoms with E-state index >= 15 is 0 Å². The lowest BCUT2D eigenvalue weighted by Crippen LogP contribution is -2.40. The lowest BCUT2D eigenvalue weighted by molar-refractivity contribution is 0.367. The zero-order chi connectivity index (χ0) is 21.5. The van der Waals surface area contributed by atoms with E-state index in [-0.39, 0.29) is 11.4 Å². The zero-order valence-electron chi connectivity index (χ0n) is 17.1. The largest absolute Gasteiger partial charge is 0.497 e. The number of methoxy groups -OCH3 is 1. The number of nitrogens with one attached hydrogen (secondary N) is 1. The Hall–Kier alpha value is -3.32. The fraction of sp³-hybridized carbons (Fsp3) is 0.0833. The highest BCUT2D eigenvalue weighted by Gasteiger charge is 2.33. The summed E-state index contributed by atoms with van der Waals surface area (Å²) in [6.45, 7) is 0.581. The Bertz CT molecular complexity index is 1320. The van der Waals surface area contributed by atoms with Gasteiger partial charge in [-0.15, -0.1) is 0 Å². The first kappa shape index (κ1) is 21.9. The van der Waals surface area contributed by atoms with E-state index in [2.05, 4.69) is 17.7 Å². The molecule has 0 aromatic heterocycles. The van der Waals surface area contributed by atoms with Crippen LogP contribution in [0.15, 0.2) is 78.3 Å². The molecule has 0 aliphatic carbocycles. The molecule has 0 unspecified atom stereocenters. The molecule has 3 aromatic rings. The Balaban J connectivity index is 0.00000245. The predicted octanol–water partition coefficient (Wildman–Crippen LogP) is 3.29. The fourth-order valence-electron chi connectivity index (χ4n) is 3.83. The Kier molecular flexibility index (Phi) is 5.93. The monoisotopic (exact) mass is 469 g/mol. The number of hydrazine groups is 1. The van der Waals surface area contributed by atoms with Gasteiger partial charge in [0.1, 0.15) is 11.4 Å². The highest BCUT2D eigenvalue weighted by molar-refractivity contribution is 6.42. The third-order valence-electron chi connectivity index (χ3n) is 5.37. The molecular weight excluding hydrogens is 449 g/mol. The number of fused-ring (bicyclic) bond motifs is 2. The number of aliphatic hydroxyl groups excluding tert-OH is 1. The molecule has 0 amide bonds. The van der Waals surface area contributed by atoms with Crippen LogP contribution in [-0.4, -0.2) is 22.6 Å². The molecule has 2 aliphatic rings. The van der Waals surface area contributed by atoms with E-state index in [0.29, 0.717) is 28.0 Å². The maximum Gasteiger partial charge on any atom is 0.237 e. The van der Waals surface area contributed by atoms with Crippen molar-refractivity contribution in [1.29, 1.82) is 0 Å². The van der Waals surface area contributed by atoms with Gasteiger partial charge in [0.15, 0.2) is 0 Å². The van der Waals surface area contributed by atoms with E-state index in [1.165, 1.54) is 0 Å². The van der Waals surface area contributed by atoms with Crippen molar-refractivity contribution in [3.05, 3.63) is 104 Å². The topological polar surface area (TPSA) is 79.5 Å². The summed E-state index contributed by atoms with van der Waals surface area (Å²) >= 11 is 12.3. The highest BCUT2D eigenvalue weighted by atomic mass is 35.5. The van der Waals surface area contributed by atoms with Crippen molar-refractivity contribution in [2.75, 3.05) is 12.1 Å². The van der Waals surface area contributed by atoms with E-state index < -0.39 is 0 Å². The molecule has 3 aromatic carbocycles. The van der Waals surface area contributed by atoms with Crippen LogP contribution in [0, 0.1) is 0 Å².